The maximum Gasteiger partial charge on any atom is 0.256 e. The molecule has 1 aromatic carbocycles. The van der Waals surface area contributed by atoms with Gasteiger partial charge in [-0.2, -0.15) is 0 Å². The van der Waals surface area contributed by atoms with Gasteiger partial charge in [0.05, 0.1) is 24.7 Å². The summed E-state index contributed by atoms with van der Waals surface area (Å²) >= 11 is 11.2. The lowest BCUT2D eigenvalue weighted by molar-refractivity contribution is -0.123. The van der Waals surface area contributed by atoms with E-state index in [1.807, 2.05) is 31.2 Å². The van der Waals surface area contributed by atoms with Crippen molar-refractivity contribution in [3.8, 4) is 0 Å². The maximum atomic E-state index is 12.0. The first kappa shape index (κ1) is 23.6. The first-order valence-corrected chi connectivity index (χ1v) is 10.6. The molecule has 5 atom stereocenters. The van der Waals surface area contributed by atoms with E-state index in [1.54, 1.807) is 12.1 Å². The van der Waals surface area contributed by atoms with Gasteiger partial charge >= 0.3 is 0 Å². The standard InChI is InChI=1S/C21H29ClN2O4S/c1-2-3-4-8-15(20(23)27)19-16(17(25)10-18(19)26)12-28-21(29)24-11-13-6-5-7-14(22)9-13/h4-9,15-19,25-26H,2-3,10-12H2,1H3,(H2,23,27)(H,24,29)/t15?,16?,17-,18+,19+/m1/s1. The molecule has 0 aliphatic heterocycles. The third-order valence-corrected chi connectivity index (χ3v) is 5.69. The molecular formula is C21H29ClN2O4S. The summed E-state index contributed by atoms with van der Waals surface area (Å²) < 4.78 is 5.62. The fourth-order valence-corrected chi connectivity index (χ4v) is 4.07. The van der Waals surface area contributed by atoms with E-state index in [0.29, 0.717) is 11.6 Å². The van der Waals surface area contributed by atoms with Crippen LogP contribution in [0.25, 0.3) is 0 Å². The Hall–Kier alpha value is -1.67. The van der Waals surface area contributed by atoms with Gasteiger partial charge in [0.25, 0.3) is 5.17 Å². The van der Waals surface area contributed by atoms with Gasteiger partial charge in [-0.15, -0.1) is 0 Å². The summed E-state index contributed by atoms with van der Waals surface area (Å²) in [6, 6.07) is 7.37. The number of aliphatic hydroxyl groups excluding tert-OH is 2. The van der Waals surface area contributed by atoms with Gasteiger partial charge in [0, 0.05) is 23.4 Å². The van der Waals surface area contributed by atoms with E-state index in [-0.39, 0.29) is 18.2 Å². The third-order valence-electron chi connectivity index (χ3n) is 5.19. The van der Waals surface area contributed by atoms with Crippen LogP contribution in [0, 0.1) is 17.8 Å². The van der Waals surface area contributed by atoms with E-state index in [4.69, 9.17) is 34.3 Å². The summed E-state index contributed by atoms with van der Waals surface area (Å²) in [6.45, 7) is 2.56. The Morgan fingerprint density at radius 1 is 1.45 bits per heavy atom. The number of carbonyl (C=O) groups is 1. The molecule has 6 nitrogen and oxygen atoms in total. The van der Waals surface area contributed by atoms with Crippen molar-refractivity contribution >= 4 is 34.9 Å². The second-order valence-electron chi connectivity index (χ2n) is 7.34. The Balaban J connectivity index is 1.97. The maximum absolute atomic E-state index is 12.0. The molecule has 0 radical (unpaired) electrons. The van der Waals surface area contributed by atoms with Crippen LogP contribution in [-0.4, -0.2) is 40.1 Å². The Bertz CT molecular complexity index is 730. The van der Waals surface area contributed by atoms with Crippen molar-refractivity contribution in [2.24, 2.45) is 23.5 Å². The predicted octanol–water partition coefficient (Wildman–Crippen LogP) is 2.55. The van der Waals surface area contributed by atoms with Crippen molar-refractivity contribution in [1.82, 2.24) is 5.32 Å². The quantitative estimate of drug-likeness (QED) is 0.347. The average Bonchev–Trinajstić information content (AvgIpc) is 2.94. The number of carbonyl (C=O) groups excluding carboxylic acids is 1. The minimum Gasteiger partial charge on any atom is -0.471 e. The zero-order valence-electron chi connectivity index (χ0n) is 16.5. The molecule has 0 spiro atoms. The molecule has 2 unspecified atom stereocenters. The molecule has 5 N–H and O–H groups in total. The molecule has 0 aromatic heterocycles. The summed E-state index contributed by atoms with van der Waals surface area (Å²) in [7, 11) is 0. The van der Waals surface area contributed by atoms with Crippen molar-refractivity contribution in [3.63, 3.8) is 0 Å². The monoisotopic (exact) mass is 440 g/mol. The van der Waals surface area contributed by atoms with Crippen molar-refractivity contribution in [1.29, 1.82) is 0 Å². The van der Waals surface area contributed by atoms with Crippen LogP contribution in [0.1, 0.15) is 31.7 Å². The highest BCUT2D eigenvalue weighted by Crippen LogP contribution is 2.38. The Morgan fingerprint density at radius 2 is 2.21 bits per heavy atom. The molecule has 0 heterocycles. The number of rotatable bonds is 9. The van der Waals surface area contributed by atoms with Crippen molar-refractivity contribution in [2.75, 3.05) is 6.61 Å². The summed E-state index contributed by atoms with van der Waals surface area (Å²) in [6.07, 6.45) is 3.92. The Kier molecular flexibility index (Phi) is 9.36. The molecule has 0 bridgehead atoms. The van der Waals surface area contributed by atoms with E-state index in [2.05, 4.69) is 5.32 Å². The summed E-state index contributed by atoms with van der Waals surface area (Å²) in [5, 5.41) is 24.6. The number of thiocarbonyl (C=S) groups is 1. The van der Waals surface area contributed by atoms with Crippen LogP contribution in [0.4, 0.5) is 0 Å². The Morgan fingerprint density at radius 3 is 2.86 bits per heavy atom. The fraction of sp³-hybridized carbons (Fsp3) is 0.524. The molecule has 1 aromatic rings. The smallest absolute Gasteiger partial charge is 0.256 e. The van der Waals surface area contributed by atoms with Crippen molar-refractivity contribution in [2.45, 2.75) is 44.9 Å². The Labute approximate surface area is 182 Å². The number of unbranched alkanes of at least 4 members (excludes halogenated alkanes) is 1. The topological polar surface area (TPSA) is 105 Å². The first-order chi connectivity index (χ1) is 13.8. The predicted molar refractivity (Wildman–Crippen MR) is 117 cm³/mol. The number of halogens is 1. The van der Waals surface area contributed by atoms with Crippen LogP contribution in [0.2, 0.25) is 5.02 Å². The largest absolute Gasteiger partial charge is 0.471 e. The zero-order chi connectivity index (χ0) is 21.4. The lowest BCUT2D eigenvalue weighted by atomic mass is 9.81. The summed E-state index contributed by atoms with van der Waals surface area (Å²) in [4.78, 5) is 12.0. The average molecular weight is 441 g/mol. The van der Waals surface area contributed by atoms with Gasteiger partial charge in [0.2, 0.25) is 5.91 Å². The van der Waals surface area contributed by atoms with Crippen LogP contribution < -0.4 is 11.1 Å². The number of aliphatic hydroxyl groups is 2. The van der Waals surface area contributed by atoms with Gasteiger partial charge in [-0.25, -0.2) is 0 Å². The van der Waals surface area contributed by atoms with Gasteiger partial charge in [-0.1, -0.05) is 49.2 Å². The molecule has 160 valence electrons. The van der Waals surface area contributed by atoms with E-state index < -0.39 is 35.9 Å². The summed E-state index contributed by atoms with van der Waals surface area (Å²) in [5.41, 5.74) is 6.53. The highest BCUT2D eigenvalue weighted by atomic mass is 35.5. The van der Waals surface area contributed by atoms with Gasteiger partial charge in [-0.3, -0.25) is 4.79 Å². The lowest BCUT2D eigenvalue weighted by Crippen LogP contribution is -2.39. The van der Waals surface area contributed by atoms with Crippen LogP contribution in [-0.2, 0) is 16.1 Å². The zero-order valence-corrected chi connectivity index (χ0v) is 18.0. The van der Waals surface area contributed by atoms with Crippen LogP contribution in [0.3, 0.4) is 0 Å². The molecule has 1 amide bonds. The summed E-state index contributed by atoms with van der Waals surface area (Å²) in [5.74, 6) is -2.18. The molecule has 2 rings (SSSR count). The number of ether oxygens (including phenoxy) is 1. The van der Waals surface area contributed by atoms with E-state index in [0.717, 1.165) is 18.4 Å². The first-order valence-electron chi connectivity index (χ1n) is 9.80. The van der Waals surface area contributed by atoms with Crippen LogP contribution in [0.15, 0.2) is 36.4 Å². The van der Waals surface area contributed by atoms with Gasteiger partial charge < -0.3 is 26.0 Å². The molecule has 1 saturated carbocycles. The number of primary amides is 1. The minimum atomic E-state index is -0.838. The second kappa shape index (κ2) is 11.5. The molecule has 1 fully saturated rings. The van der Waals surface area contributed by atoms with E-state index >= 15 is 0 Å². The number of benzene rings is 1. The number of hydrogen-bond donors (Lipinski definition) is 4. The number of nitrogens with one attached hydrogen (secondary N) is 1. The lowest BCUT2D eigenvalue weighted by Gasteiger charge is -2.28. The number of allylic oxidation sites excluding steroid dienone is 1. The van der Waals surface area contributed by atoms with Crippen molar-refractivity contribution in [3.05, 3.63) is 47.0 Å². The van der Waals surface area contributed by atoms with Crippen LogP contribution >= 0.6 is 23.8 Å². The van der Waals surface area contributed by atoms with Gasteiger partial charge in [0.15, 0.2) is 0 Å². The fourth-order valence-electron chi connectivity index (χ4n) is 3.72. The molecule has 1 aliphatic carbocycles. The minimum absolute atomic E-state index is 0.0790. The molecule has 29 heavy (non-hydrogen) atoms. The molecule has 1 aliphatic rings. The highest BCUT2D eigenvalue weighted by Gasteiger charge is 2.47. The molecular weight excluding hydrogens is 412 g/mol. The van der Waals surface area contributed by atoms with E-state index in [1.165, 1.54) is 0 Å². The van der Waals surface area contributed by atoms with Gasteiger partial charge in [-0.05, 0) is 42.8 Å². The number of amides is 1. The second-order valence-corrected chi connectivity index (χ2v) is 8.15. The SMILES string of the molecule is CCCC=CC(C(N)=O)[C@H]1C(COC(=S)NCc2cccc(Cl)c2)[C@H](O)C[C@@H]1O. The third kappa shape index (κ3) is 6.96. The number of hydrogen-bond acceptors (Lipinski definition) is 5. The molecule has 8 heteroatoms. The highest BCUT2D eigenvalue weighted by molar-refractivity contribution is 7.80. The number of nitrogens with two attached hydrogens (primary N) is 1. The van der Waals surface area contributed by atoms with E-state index in [9.17, 15) is 15.0 Å². The molecule has 0 saturated heterocycles. The van der Waals surface area contributed by atoms with Crippen LogP contribution in [0.5, 0.6) is 0 Å². The van der Waals surface area contributed by atoms with Crippen molar-refractivity contribution < 1.29 is 19.7 Å². The normalized spacial score (nSPS) is 25.1. The van der Waals surface area contributed by atoms with Gasteiger partial charge in [0.1, 0.15) is 0 Å².